The summed E-state index contributed by atoms with van der Waals surface area (Å²) in [7, 11) is -2.83. The number of para-hydroxylation sites is 1. The maximum atomic E-state index is 11.7. The molecule has 1 heterocycles. The second-order valence-electron chi connectivity index (χ2n) is 4.94. The number of fused-ring (bicyclic) bond motifs is 1. The Morgan fingerprint density at radius 1 is 1.23 bits per heavy atom. The number of carbonyl (C=O) groups is 2. The van der Waals surface area contributed by atoms with Crippen LogP contribution in [-0.2, 0) is 14.2 Å². The van der Waals surface area contributed by atoms with Gasteiger partial charge in [-0.05, 0) is 28.5 Å². The van der Waals surface area contributed by atoms with E-state index in [-0.39, 0.29) is 12.8 Å². The molecule has 0 amide bonds. The van der Waals surface area contributed by atoms with Crippen molar-refractivity contribution in [3.05, 3.63) is 36.0 Å². The van der Waals surface area contributed by atoms with Gasteiger partial charge in [0.15, 0.2) is 0 Å². The molecule has 7 nitrogen and oxygen atoms in total. The Labute approximate surface area is 126 Å². The Kier molecular flexibility index (Phi) is 4.90. The van der Waals surface area contributed by atoms with Gasteiger partial charge in [-0.25, -0.2) is 0 Å². The van der Waals surface area contributed by atoms with Crippen LogP contribution in [0.1, 0.15) is 24.2 Å². The van der Waals surface area contributed by atoms with Gasteiger partial charge in [-0.15, -0.1) is 0 Å². The Morgan fingerprint density at radius 2 is 1.91 bits per heavy atom. The smallest absolute Gasteiger partial charge is 0.481 e. The predicted octanol–water partition coefficient (Wildman–Crippen LogP) is 2.51. The molecule has 116 valence electrons. The normalized spacial score (nSPS) is 14.5. The highest BCUT2D eigenvalue weighted by atomic mass is 31.1. The zero-order valence-electron chi connectivity index (χ0n) is 11.5. The molecule has 4 N–H and O–H groups in total. The summed E-state index contributed by atoms with van der Waals surface area (Å²) in [5.74, 6) is -3.69. The van der Waals surface area contributed by atoms with Crippen molar-refractivity contribution in [2.24, 2.45) is 5.92 Å². The van der Waals surface area contributed by atoms with E-state index < -0.39 is 31.5 Å². The van der Waals surface area contributed by atoms with Crippen molar-refractivity contribution in [2.45, 2.75) is 18.5 Å². The van der Waals surface area contributed by atoms with Crippen LogP contribution in [-0.4, -0.2) is 32.0 Å². The molecule has 1 aromatic carbocycles. The highest BCUT2D eigenvalue weighted by Crippen LogP contribution is 2.45. The van der Waals surface area contributed by atoms with E-state index in [2.05, 4.69) is 4.98 Å². The number of aromatic nitrogens is 1. The van der Waals surface area contributed by atoms with E-state index in [1.54, 1.807) is 30.3 Å². The van der Waals surface area contributed by atoms with Gasteiger partial charge in [-0.3, -0.25) is 9.59 Å². The van der Waals surface area contributed by atoms with Crippen molar-refractivity contribution in [1.29, 1.82) is 0 Å². The van der Waals surface area contributed by atoms with Gasteiger partial charge in [-0.1, -0.05) is 18.2 Å². The van der Waals surface area contributed by atoms with E-state index in [4.69, 9.17) is 5.11 Å². The van der Waals surface area contributed by atoms with E-state index in [9.17, 15) is 24.2 Å². The molecule has 2 aromatic rings. The Hall–Kier alpha value is -2.24. The molecule has 0 spiro atoms. The monoisotopic (exact) mass is 324 g/mol. The largest absolute Gasteiger partial charge is 0.516 e. The Bertz CT molecular complexity index is 692. The van der Waals surface area contributed by atoms with Crippen LogP contribution in [0.2, 0.25) is 0 Å². The van der Waals surface area contributed by atoms with Crippen molar-refractivity contribution in [1.82, 2.24) is 4.98 Å². The summed E-state index contributed by atoms with van der Waals surface area (Å²) in [6.45, 7) is 0. The summed E-state index contributed by atoms with van der Waals surface area (Å²) in [5.41, 5.74) is -0.136. The molecule has 3 atom stereocenters. The molecule has 0 bridgehead atoms. The van der Waals surface area contributed by atoms with Gasteiger partial charge in [-0.2, -0.15) is 4.89 Å². The summed E-state index contributed by atoms with van der Waals surface area (Å²) in [4.78, 5) is 34.6. The lowest BCUT2D eigenvalue weighted by Crippen LogP contribution is -2.21. The molecule has 0 saturated carbocycles. The van der Waals surface area contributed by atoms with E-state index in [1.165, 1.54) is 0 Å². The first kappa shape index (κ1) is 16.1. The van der Waals surface area contributed by atoms with Crippen molar-refractivity contribution < 1.29 is 29.3 Å². The van der Waals surface area contributed by atoms with Crippen LogP contribution in [0.15, 0.2) is 30.3 Å². The van der Waals surface area contributed by atoms with Gasteiger partial charge in [0.25, 0.3) is 0 Å². The molecule has 0 fully saturated rings. The van der Waals surface area contributed by atoms with Crippen LogP contribution in [0.4, 0.5) is 0 Å². The number of H-pyrrole nitrogens is 1. The summed E-state index contributed by atoms with van der Waals surface area (Å²) < 4.78 is 11.7. The molecule has 8 heteroatoms. The number of hydrogen-bond acceptors (Lipinski definition) is 3. The van der Waals surface area contributed by atoms with E-state index in [1.807, 2.05) is 0 Å². The SMILES string of the molecule is O=C(O)CCC(C(=O)O)C(c1cc2ccccc2[nH]1)[P+](=O)O. The highest BCUT2D eigenvalue weighted by Gasteiger charge is 2.44. The summed E-state index contributed by atoms with van der Waals surface area (Å²) in [5, 5.41) is 18.8. The van der Waals surface area contributed by atoms with Crippen molar-refractivity contribution >= 4 is 30.9 Å². The van der Waals surface area contributed by atoms with Crippen LogP contribution < -0.4 is 0 Å². The van der Waals surface area contributed by atoms with Gasteiger partial charge in [0.1, 0.15) is 5.92 Å². The Balaban J connectivity index is 2.40. The number of aliphatic carboxylic acids is 2. The predicted molar refractivity (Wildman–Crippen MR) is 78.9 cm³/mol. The maximum absolute atomic E-state index is 11.7. The van der Waals surface area contributed by atoms with Gasteiger partial charge in [0, 0.05) is 11.9 Å². The van der Waals surface area contributed by atoms with Gasteiger partial charge in [0.2, 0.25) is 5.66 Å². The molecule has 0 radical (unpaired) electrons. The number of carboxylic acid groups (broad SMARTS) is 2. The van der Waals surface area contributed by atoms with Gasteiger partial charge >= 0.3 is 20.0 Å². The third-order valence-corrected chi connectivity index (χ3v) is 4.59. The molecule has 0 aliphatic carbocycles. The molecule has 0 aliphatic rings. The molecule has 2 rings (SSSR count). The number of benzene rings is 1. The lowest BCUT2D eigenvalue weighted by atomic mass is 9.97. The fraction of sp³-hybridized carbons (Fsp3) is 0.286. The summed E-state index contributed by atoms with van der Waals surface area (Å²) in [6, 6.07) is 8.78. The number of hydrogen-bond donors (Lipinski definition) is 4. The van der Waals surface area contributed by atoms with E-state index in [0.29, 0.717) is 5.69 Å². The number of carboxylic acids is 2. The Morgan fingerprint density at radius 3 is 2.45 bits per heavy atom. The molecular formula is C14H15NO6P+. The minimum absolute atomic E-state index is 0.216. The third kappa shape index (κ3) is 3.50. The number of nitrogens with one attached hydrogen (secondary N) is 1. The average molecular weight is 324 g/mol. The number of rotatable bonds is 7. The molecule has 0 saturated heterocycles. The first-order valence-corrected chi connectivity index (χ1v) is 7.85. The van der Waals surface area contributed by atoms with Crippen LogP contribution in [0.3, 0.4) is 0 Å². The quantitative estimate of drug-likeness (QED) is 0.579. The highest BCUT2D eigenvalue weighted by molar-refractivity contribution is 7.38. The number of aromatic amines is 1. The topological polar surface area (TPSA) is 128 Å². The molecule has 0 aliphatic heterocycles. The lowest BCUT2D eigenvalue weighted by Gasteiger charge is -2.12. The third-order valence-electron chi connectivity index (χ3n) is 3.47. The zero-order valence-corrected chi connectivity index (χ0v) is 12.4. The van der Waals surface area contributed by atoms with Gasteiger partial charge in [0.05, 0.1) is 5.69 Å². The average Bonchev–Trinajstić information content (AvgIpc) is 2.85. The summed E-state index contributed by atoms with van der Waals surface area (Å²) >= 11 is 0. The molecule has 3 unspecified atom stereocenters. The van der Waals surface area contributed by atoms with Crippen LogP contribution in [0.25, 0.3) is 10.9 Å². The van der Waals surface area contributed by atoms with Crippen LogP contribution >= 0.6 is 8.03 Å². The minimum atomic E-state index is -2.83. The van der Waals surface area contributed by atoms with Crippen LogP contribution in [0.5, 0.6) is 0 Å². The van der Waals surface area contributed by atoms with E-state index >= 15 is 0 Å². The lowest BCUT2D eigenvalue weighted by molar-refractivity contribution is -0.143. The van der Waals surface area contributed by atoms with Crippen molar-refractivity contribution in [3.63, 3.8) is 0 Å². The van der Waals surface area contributed by atoms with Crippen molar-refractivity contribution in [3.8, 4) is 0 Å². The second-order valence-corrected chi connectivity index (χ2v) is 6.10. The maximum Gasteiger partial charge on any atom is 0.516 e. The van der Waals surface area contributed by atoms with Crippen molar-refractivity contribution in [2.75, 3.05) is 0 Å². The molecule has 1 aromatic heterocycles. The molecular weight excluding hydrogens is 309 g/mol. The zero-order chi connectivity index (χ0) is 16.3. The fourth-order valence-corrected chi connectivity index (χ4v) is 3.40. The van der Waals surface area contributed by atoms with Crippen LogP contribution in [0, 0.1) is 5.92 Å². The second kappa shape index (κ2) is 6.68. The van der Waals surface area contributed by atoms with E-state index in [0.717, 1.165) is 10.9 Å². The fourth-order valence-electron chi connectivity index (χ4n) is 2.44. The minimum Gasteiger partial charge on any atom is -0.481 e. The standard InChI is InChI=1S/C14H14NO6P/c16-12(17)6-5-9(14(18)19)13(22(20)21)11-7-8-3-1-2-4-10(8)15-11/h1-4,7,9,13,15H,5-6H2,(H2-,16,17,18,19,20,21)/p+1. The first-order valence-electron chi connectivity index (χ1n) is 6.57. The van der Waals surface area contributed by atoms with Gasteiger partial charge < -0.3 is 15.2 Å². The first-order chi connectivity index (χ1) is 10.4. The summed E-state index contributed by atoms with van der Waals surface area (Å²) in [6.07, 6.45) is -0.594. The molecule has 22 heavy (non-hydrogen) atoms.